The number of allylic oxidation sites excluding steroid dienone is 2. The molecule has 0 radical (unpaired) electrons. The van der Waals surface area contributed by atoms with E-state index in [1.165, 1.54) is 16.7 Å². The molecule has 4 atom stereocenters. The standard InChI is InChI=1S/C21H24O2/c1-4-21(22)12-10-19-18-7-5-14-13-15(23-3)6-8-16(14)17(18)9-11-20(19,21)2/h1,6-8,13,17,19,22H,5,9-12H2,2-3H3/t17?,19?,20-,21-/m0/s1. The predicted octanol–water partition coefficient (Wildman–Crippen LogP) is 3.84. The van der Waals surface area contributed by atoms with E-state index in [0.717, 1.165) is 37.9 Å². The van der Waals surface area contributed by atoms with Crippen molar-refractivity contribution in [3.8, 4) is 18.1 Å². The summed E-state index contributed by atoms with van der Waals surface area (Å²) in [6.07, 6.45) is 12.9. The summed E-state index contributed by atoms with van der Waals surface area (Å²) in [5, 5.41) is 10.9. The van der Waals surface area contributed by atoms with Crippen LogP contribution >= 0.6 is 0 Å². The van der Waals surface area contributed by atoms with Crippen LogP contribution in [0.4, 0.5) is 0 Å². The summed E-state index contributed by atoms with van der Waals surface area (Å²) in [7, 11) is 1.72. The summed E-state index contributed by atoms with van der Waals surface area (Å²) in [6, 6.07) is 6.47. The van der Waals surface area contributed by atoms with Crippen LogP contribution in [-0.4, -0.2) is 17.8 Å². The van der Waals surface area contributed by atoms with Crippen molar-refractivity contribution in [1.29, 1.82) is 0 Å². The molecule has 0 aliphatic heterocycles. The number of terminal acetylenes is 1. The molecule has 0 saturated heterocycles. The Morgan fingerprint density at radius 1 is 1.30 bits per heavy atom. The van der Waals surface area contributed by atoms with Crippen LogP contribution in [0.1, 0.15) is 49.7 Å². The van der Waals surface area contributed by atoms with Crippen LogP contribution in [0.15, 0.2) is 29.8 Å². The lowest BCUT2D eigenvalue weighted by Crippen LogP contribution is -2.47. The largest absolute Gasteiger partial charge is 0.497 e. The molecule has 2 nitrogen and oxygen atoms in total. The summed E-state index contributed by atoms with van der Waals surface area (Å²) < 4.78 is 5.37. The number of aliphatic hydroxyl groups is 1. The number of ether oxygens (including phenoxy) is 1. The first-order valence-electron chi connectivity index (χ1n) is 8.59. The van der Waals surface area contributed by atoms with Crippen LogP contribution in [0.5, 0.6) is 5.75 Å². The zero-order valence-electron chi connectivity index (χ0n) is 13.9. The molecule has 1 aromatic carbocycles. The number of hydrogen-bond donors (Lipinski definition) is 1. The third-order valence-electron chi connectivity index (χ3n) is 6.79. The van der Waals surface area contributed by atoms with Gasteiger partial charge in [-0.1, -0.05) is 30.6 Å². The van der Waals surface area contributed by atoms with E-state index in [4.69, 9.17) is 11.2 Å². The van der Waals surface area contributed by atoms with E-state index in [1.54, 1.807) is 7.11 Å². The molecule has 0 amide bonds. The molecular weight excluding hydrogens is 284 g/mol. The van der Waals surface area contributed by atoms with Crippen molar-refractivity contribution < 1.29 is 9.84 Å². The minimum atomic E-state index is -0.941. The molecule has 23 heavy (non-hydrogen) atoms. The highest BCUT2D eigenvalue weighted by molar-refractivity contribution is 5.48. The molecule has 2 saturated carbocycles. The lowest BCUT2D eigenvalue weighted by atomic mass is 9.57. The minimum absolute atomic E-state index is 0.173. The van der Waals surface area contributed by atoms with Crippen molar-refractivity contribution in [3.05, 3.63) is 41.0 Å². The number of benzene rings is 1. The van der Waals surface area contributed by atoms with E-state index in [0.29, 0.717) is 11.8 Å². The van der Waals surface area contributed by atoms with Crippen molar-refractivity contribution in [2.75, 3.05) is 7.11 Å². The van der Waals surface area contributed by atoms with Gasteiger partial charge in [0.25, 0.3) is 0 Å². The predicted molar refractivity (Wildman–Crippen MR) is 91.4 cm³/mol. The molecule has 4 rings (SSSR count). The first kappa shape index (κ1) is 14.8. The molecule has 3 aliphatic rings. The van der Waals surface area contributed by atoms with Crippen molar-refractivity contribution >= 4 is 0 Å². The SMILES string of the molecule is C#C[C@]1(O)CCC2C3=CCc4cc(OC)ccc4C3CC[C@@]21C. The number of methoxy groups -OCH3 is 1. The Bertz CT molecular complexity index is 726. The maximum absolute atomic E-state index is 10.9. The van der Waals surface area contributed by atoms with Gasteiger partial charge in [0.2, 0.25) is 0 Å². The second-order valence-electron chi connectivity index (χ2n) is 7.58. The minimum Gasteiger partial charge on any atom is -0.497 e. The zero-order valence-corrected chi connectivity index (χ0v) is 13.9. The molecule has 2 heteroatoms. The fraction of sp³-hybridized carbons (Fsp3) is 0.524. The van der Waals surface area contributed by atoms with Crippen LogP contribution in [0.2, 0.25) is 0 Å². The lowest BCUT2D eigenvalue weighted by Gasteiger charge is -2.48. The average Bonchev–Trinajstić information content (AvgIpc) is 2.86. The molecule has 120 valence electrons. The molecular formula is C21H24O2. The molecule has 2 unspecified atom stereocenters. The van der Waals surface area contributed by atoms with Crippen LogP contribution in [0.25, 0.3) is 0 Å². The van der Waals surface area contributed by atoms with Gasteiger partial charge in [0.1, 0.15) is 11.4 Å². The van der Waals surface area contributed by atoms with E-state index < -0.39 is 5.60 Å². The van der Waals surface area contributed by atoms with Crippen LogP contribution in [-0.2, 0) is 6.42 Å². The van der Waals surface area contributed by atoms with Gasteiger partial charge in [-0.3, -0.25) is 0 Å². The molecule has 0 bridgehead atoms. The summed E-state index contributed by atoms with van der Waals surface area (Å²) in [6.45, 7) is 2.20. The summed E-state index contributed by atoms with van der Waals surface area (Å²) in [5.41, 5.74) is 3.23. The molecule has 3 aliphatic carbocycles. The van der Waals surface area contributed by atoms with Gasteiger partial charge in [-0.25, -0.2) is 0 Å². The molecule has 0 spiro atoms. The third-order valence-corrected chi connectivity index (χ3v) is 6.79. The second kappa shape index (κ2) is 4.89. The van der Waals surface area contributed by atoms with Gasteiger partial charge < -0.3 is 9.84 Å². The van der Waals surface area contributed by atoms with Crippen molar-refractivity contribution in [3.63, 3.8) is 0 Å². The number of fused-ring (bicyclic) bond motifs is 5. The van der Waals surface area contributed by atoms with Gasteiger partial charge in [0.05, 0.1) is 7.11 Å². The van der Waals surface area contributed by atoms with E-state index in [2.05, 4.69) is 37.1 Å². The highest BCUT2D eigenvalue weighted by Gasteiger charge is 2.59. The average molecular weight is 308 g/mol. The Morgan fingerprint density at radius 2 is 2.13 bits per heavy atom. The highest BCUT2D eigenvalue weighted by atomic mass is 16.5. The fourth-order valence-electron chi connectivity index (χ4n) is 5.33. The third kappa shape index (κ3) is 1.86. The topological polar surface area (TPSA) is 29.5 Å². The van der Waals surface area contributed by atoms with E-state index in [-0.39, 0.29) is 5.41 Å². The first-order valence-corrected chi connectivity index (χ1v) is 8.59. The van der Waals surface area contributed by atoms with Crippen LogP contribution < -0.4 is 4.74 Å². The van der Waals surface area contributed by atoms with Gasteiger partial charge in [-0.15, -0.1) is 6.42 Å². The fourth-order valence-corrected chi connectivity index (χ4v) is 5.33. The smallest absolute Gasteiger partial charge is 0.131 e. The lowest BCUT2D eigenvalue weighted by molar-refractivity contribution is -0.0298. The van der Waals surface area contributed by atoms with Crippen molar-refractivity contribution in [2.45, 2.75) is 50.5 Å². The normalized spacial score (nSPS) is 37.9. The maximum Gasteiger partial charge on any atom is 0.131 e. The van der Waals surface area contributed by atoms with Crippen LogP contribution in [0, 0.1) is 23.7 Å². The molecule has 1 aromatic rings. The van der Waals surface area contributed by atoms with E-state index in [9.17, 15) is 5.11 Å². The van der Waals surface area contributed by atoms with Gasteiger partial charge in [-0.2, -0.15) is 0 Å². The van der Waals surface area contributed by atoms with E-state index in [1.807, 2.05) is 0 Å². The Kier molecular flexibility index (Phi) is 3.15. The van der Waals surface area contributed by atoms with Crippen molar-refractivity contribution in [2.24, 2.45) is 11.3 Å². The van der Waals surface area contributed by atoms with Gasteiger partial charge >= 0.3 is 0 Å². The molecule has 1 N–H and O–H groups in total. The first-order chi connectivity index (χ1) is 11.0. The summed E-state index contributed by atoms with van der Waals surface area (Å²) in [5.74, 6) is 4.56. The molecule has 2 fully saturated rings. The number of rotatable bonds is 1. The maximum atomic E-state index is 10.9. The van der Waals surface area contributed by atoms with E-state index >= 15 is 0 Å². The Labute approximate surface area is 138 Å². The summed E-state index contributed by atoms with van der Waals surface area (Å²) >= 11 is 0. The van der Waals surface area contributed by atoms with Gasteiger partial charge in [-0.05, 0) is 61.3 Å². The van der Waals surface area contributed by atoms with Gasteiger partial charge in [0.15, 0.2) is 0 Å². The highest BCUT2D eigenvalue weighted by Crippen LogP contribution is 2.62. The summed E-state index contributed by atoms with van der Waals surface area (Å²) in [4.78, 5) is 0. The zero-order chi connectivity index (χ0) is 16.2. The van der Waals surface area contributed by atoms with Gasteiger partial charge in [0, 0.05) is 11.3 Å². The number of hydrogen-bond acceptors (Lipinski definition) is 2. The molecule has 0 aromatic heterocycles. The Balaban J connectivity index is 1.74. The Hall–Kier alpha value is -1.72. The quantitative estimate of drug-likeness (QED) is 0.631. The molecule has 0 heterocycles. The van der Waals surface area contributed by atoms with Crippen molar-refractivity contribution in [1.82, 2.24) is 0 Å². The second-order valence-corrected chi connectivity index (χ2v) is 7.58. The Morgan fingerprint density at radius 3 is 2.87 bits per heavy atom. The van der Waals surface area contributed by atoms with Crippen LogP contribution in [0.3, 0.4) is 0 Å². The monoisotopic (exact) mass is 308 g/mol.